The molecule has 0 radical (unpaired) electrons. The molecule has 4 rings (SSSR count). The van der Waals surface area contributed by atoms with Crippen molar-refractivity contribution in [2.24, 2.45) is 0 Å². The van der Waals surface area contributed by atoms with Crippen molar-refractivity contribution >= 4 is 85.1 Å². The zero-order valence-corrected chi connectivity index (χ0v) is 21.9. The van der Waals surface area contributed by atoms with Crippen LogP contribution in [0.15, 0.2) is 70.0 Å². The highest BCUT2D eigenvalue weighted by atomic mass is 79.9. The average molecular weight is 581 g/mol. The minimum atomic E-state index is -0.247. The first-order valence-corrected chi connectivity index (χ1v) is 12.4. The number of hydrogen-bond acceptors (Lipinski definition) is 5. The molecule has 1 aliphatic rings. The molecule has 33 heavy (non-hydrogen) atoms. The Bertz CT molecular complexity index is 1270. The van der Waals surface area contributed by atoms with Gasteiger partial charge in [-0.2, -0.15) is 0 Å². The standard InChI is InChI=1S/C24H16BrCl2NO3S2/c1-30-21-10-15(4-9-20(21)31-13-14-2-5-16(25)6-3-14)11-22-23(29)28(24(32)33-22)19-8-7-17(26)12-18(19)27/h2-12H,13H2,1H3/b22-11+. The van der Waals surface area contributed by atoms with E-state index in [4.69, 9.17) is 44.9 Å². The third-order valence-corrected chi connectivity index (χ3v) is 7.11. The number of methoxy groups -OCH3 is 1. The molecule has 0 bridgehead atoms. The largest absolute Gasteiger partial charge is 0.493 e. The summed E-state index contributed by atoms with van der Waals surface area (Å²) in [5, 5.41) is 0.841. The van der Waals surface area contributed by atoms with Crippen LogP contribution >= 0.6 is 63.1 Å². The van der Waals surface area contributed by atoms with E-state index in [9.17, 15) is 4.79 Å². The molecule has 1 fully saturated rings. The van der Waals surface area contributed by atoms with E-state index in [1.807, 2.05) is 42.5 Å². The van der Waals surface area contributed by atoms with Gasteiger partial charge in [-0.25, -0.2) is 0 Å². The number of ether oxygens (including phenoxy) is 2. The van der Waals surface area contributed by atoms with Crippen LogP contribution in [-0.4, -0.2) is 17.3 Å². The average Bonchev–Trinajstić information content (AvgIpc) is 3.06. The van der Waals surface area contributed by atoms with Crippen LogP contribution in [0.4, 0.5) is 5.69 Å². The number of carbonyl (C=O) groups is 1. The Hall–Kier alpha value is -2.03. The lowest BCUT2D eigenvalue weighted by molar-refractivity contribution is -0.113. The summed E-state index contributed by atoms with van der Waals surface area (Å²) in [5.74, 6) is 0.930. The van der Waals surface area contributed by atoms with Gasteiger partial charge in [0.2, 0.25) is 0 Å². The van der Waals surface area contributed by atoms with Crippen LogP contribution in [0.2, 0.25) is 10.0 Å². The molecule has 0 spiro atoms. The highest BCUT2D eigenvalue weighted by Crippen LogP contribution is 2.40. The molecule has 0 atom stereocenters. The van der Waals surface area contributed by atoms with E-state index < -0.39 is 0 Å². The monoisotopic (exact) mass is 579 g/mol. The zero-order valence-electron chi connectivity index (χ0n) is 17.2. The molecule has 0 saturated carbocycles. The molecule has 0 unspecified atom stereocenters. The van der Waals surface area contributed by atoms with Gasteiger partial charge >= 0.3 is 0 Å². The van der Waals surface area contributed by atoms with E-state index in [0.29, 0.717) is 43.1 Å². The van der Waals surface area contributed by atoms with E-state index in [-0.39, 0.29) is 5.91 Å². The lowest BCUT2D eigenvalue weighted by Gasteiger charge is -2.16. The Balaban J connectivity index is 1.54. The number of benzene rings is 3. The van der Waals surface area contributed by atoms with Crippen LogP contribution in [0.3, 0.4) is 0 Å². The van der Waals surface area contributed by atoms with Gasteiger partial charge in [0.1, 0.15) is 6.61 Å². The van der Waals surface area contributed by atoms with E-state index in [1.54, 1.807) is 31.4 Å². The molecule has 4 nitrogen and oxygen atoms in total. The molecule has 0 N–H and O–H groups in total. The third-order valence-electron chi connectivity index (χ3n) is 4.74. The summed E-state index contributed by atoms with van der Waals surface area (Å²) >= 11 is 22.3. The summed E-state index contributed by atoms with van der Waals surface area (Å²) in [4.78, 5) is 15.0. The minimum Gasteiger partial charge on any atom is -0.493 e. The fourth-order valence-electron chi connectivity index (χ4n) is 3.12. The summed E-state index contributed by atoms with van der Waals surface area (Å²) in [7, 11) is 1.58. The summed E-state index contributed by atoms with van der Waals surface area (Å²) in [6.07, 6.45) is 1.77. The predicted octanol–water partition coefficient (Wildman–Crippen LogP) is 7.75. The summed E-state index contributed by atoms with van der Waals surface area (Å²) < 4.78 is 12.8. The second-order valence-corrected chi connectivity index (χ2v) is 10.4. The number of amides is 1. The number of thioether (sulfide) groups is 1. The molecule has 168 valence electrons. The Morgan fingerprint density at radius 3 is 2.52 bits per heavy atom. The smallest absolute Gasteiger partial charge is 0.270 e. The van der Waals surface area contributed by atoms with Gasteiger partial charge in [-0.05, 0) is 59.7 Å². The van der Waals surface area contributed by atoms with Crippen molar-refractivity contribution in [1.29, 1.82) is 0 Å². The zero-order chi connectivity index (χ0) is 23.5. The van der Waals surface area contributed by atoms with Crippen molar-refractivity contribution in [3.05, 3.63) is 91.2 Å². The normalized spacial score (nSPS) is 14.8. The first kappa shape index (κ1) is 24.1. The Morgan fingerprint density at radius 1 is 1.06 bits per heavy atom. The number of rotatable bonds is 6. The van der Waals surface area contributed by atoms with Crippen LogP contribution in [0.5, 0.6) is 11.5 Å². The minimum absolute atomic E-state index is 0.247. The molecule has 9 heteroatoms. The number of hydrogen-bond donors (Lipinski definition) is 0. The topological polar surface area (TPSA) is 38.8 Å². The van der Waals surface area contributed by atoms with E-state index >= 15 is 0 Å². The highest BCUT2D eigenvalue weighted by Gasteiger charge is 2.34. The predicted molar refractivity (Wildman–Crippen MR) is 144 cm³/mol. The first-order chi connectivity index (χ1) is 15.9. The second kappa shape index (κ2) is 10.5. The van der Waals surface area contributed by atoms with Gasteiger partial charge < -0.3 is 9.47 Å². The van der Waals surface area contributed by atoms with Crippen molar-refractivity contribution in [3.8, 4) is 11.5 Å². The lowest BCUT2D eigenvalue weighted by atomic mass is 10.1. The van der Waals surface area contributed by atoms with Gasteiger partial charge in [0.15, 0.2) is 15.8 Å². The van der Waals surface area contributed by atoms with Crippen molar-refractivity contribution < 1.29 is 14.3 Å². The van der Waals surface area contributed by atoms with E-state index in [1.165, 1.54) is 16.7 Å². The van der Waals surface area contributed by atoms with E-state index in [0.717, 1.165) is 15.6 Å². The van der Waals surface area contributed by atoms with Gasteiger partial charge in [-0.15, -0.1) is 0 Å². The van der Waals surface area contributed by atoms with Crippen molar-refractivity contribution in [1.82, 2.24) is 0 Å². The van der Waals surface area contributed by atoms with Gasteiger partial charge in [0.25, 0.3) is 5.91 Å². The van der Waals surface area contributed by atoms with Gasteiger partial charge in [0, 0.05) is 9.50 Å². The quantitative estimate of drug-likeness (QED) is 0.220. The van der Waals surface area contributed by atoms with Gasteiger partial charge in [-0.3, -0.25) is 9.69 Å². The molecular formula is C24H16BrCl2NO3S2. The number of nitrogens with zero attached hydrogens (tertiary/aromatic N) is 1. The Morgan fingerprint density at radius 2 is 1.82 bits per heavy atom. The van der Waals surface area contributed by atoms with Crippen molar-refractivity contribution in [2.75, 3.05) is 12.0 Å². The number of thiocarbonyl (C=S) groups is 1. The fourth-order valence-corrected chi connectivity index (χ4v) is 5.17. The van der Waals surface area contributed by atoms with Crippen LogP contribution in [0, 0.1) is 0 Å². The molecule has 1 heterocycles. The maximum Gasteiger partial charge on any atom is 0.270 e. The van der Waals surface area contributed by atoms with Crippen LogP contribution in [0.1, 0.15) is 11.1 Å². The highest BCUT2D eigenvalue weighted by molar-refractivity contribution is 9.10. The summed E-state index contributed by atoms with van der Waals surface area (Å²) in [6, 6.07) is 18.3. The third kappa shape index (κ3) is 5.55. The fraction of sp³-hybridized carbons (Fsp3) is 0.0833. The SMILES string of the molecule is COc1cc(/C=C2/SC(=S)N(c3ccc(Cl)cc3Cl)C2=O)ccc1OCc1ccc(Br)cc1. The maximum atomic E-state index is 13.1. The molecule has 3 aromatic rings. The summed E-state index contributed by atoms with van der Waals surface area (Å²) in [6.45, 7) is 0.406. The molecule has 1 saturated heterocycles. The lowest BCUT2D eigenvalue weighted by Crippen LogP contribution is -2.27. The number of anilines is 1. The molecule has 0 aliphatic carbocycles. The molecular weight excluding hydrogens is 565 g/mol. The second-order valence-electron chi connectivity index (χ2n) is 6.94. The summed E-state index contributed by atoms with van der Waals surface area (Å²) in [5.41, 5.74) is 2.32. The molecule has 1 aliphatic heterocycles. The Kier molecular flexibility index (Phi) is 7.66. The van der Waals surface area contributed by atoms with Gasteiger partial charge in [0.05, 0.1) is 22.7 Å². The number of halogens is 3. The van der Waals surface area contributed by atoms with E-state index in [2.05, 4.69) is 15.9 Å². The van der Waals surface area contributed by atoms with Gasteiger partial charge in [-0.1, -0.05) is 81.3 Å². The number of carbonyl (C=O) groups excluding carboxylic acids is 1. The molecule has 1 amide bonds. The van der Waals surface area contributed by atoms with Crippen LogP contribution < -0.4 is 14.4 Å². The van der Waals surface area contributed by atoms with Crippen molar-refractivity contribution in [3.63, 3.8) is 0 Å². The van der Waals surface area contributed by atoms with Crippen molar-refractivity contribution in [2.45, 2.75) is 6.61 Å². The first-order valence-electron chi connectivity index (χ1n) is 9.64. The molecule has 3 aromatic carbocycles. The maximum absolute atomic E-state index is 13.1. The Labute approximate surface area is 219 Å². The van der Waals surface area contributed by atoms with Crippen LogP contribution in [0.25, 0.3) is 6.08 Å². The molecule has 0 aromatic heterocycles. The van der Waals surface area contributed by atoms with Crippen LogP contribution in [-0.2, 0) is 11.4 Å².